The normalized spacial score (nSPS) is 14.5. The van der Waals surface area contributed by atoms with Crippen LogP contribution in [-0.2, 0) is 22.6 Å². The number of rotatable bonds is 10. The zero-order chi connectivity index (χ0) is 26.0. The molecule has 0 heterocycles. The second-order valence-corrected chi connectivity index (χ2v) is 10.7. The third-order valence-electron chi connectivity index (χ3n) is 6.83. The van der Waals surface area contributed by atoms with Crippen LogP contribution in [0, 0.1) is 6.92 Å². The van der Waals surface area contributed by atoms with E-state index in [-0.39, 0.29) is 24.5 Å². The summed E-state index contributed by atoms with van der Waals surface area (Å²) < 4.78 is 6.79. The van der Waals surface area contributed by atoms with Crippen LogP contribution in [0.1, 0.15) is 48.8 Å². The molecule has 4 rings (SSSR count). The van der Waals surface area contributed by atoms with E-state index in [0.717, 1.165) is 46.8 Å². The van der Waals surface area contributed by atoms with Crippen molar-refractivity contribution in [3.63, 3.8) is 0 Å². The van der Waals surface area contributed by atoms with Gasteiger partial charge in [0.2, 0.25) is 5.91 Å². The fourth-order valence-corrected chi connectivity index (χ4v) is 5.13. The lowest BCUT2D eigenvalue weighted by molar-refractivity contribution is -0.143. The predicted octanol–water partition coefficient (Wildman–Crippen LogP) is 6.23. The van der Waals surface area contributed by atoms with Gasteiger partial charge in [0, 0.05) is 23.5 Å². The summed E-state index contributed by atoms with van der Waals surface area (Å²) in [5.74, 6) is 0.294. The molecule has 1 atom stereocenters. The molecule has 5 nitrogen and oxygen atoms in total. The lowest BCUT2D eigenvalue weighted by Gasteiger charge is -2.33. The van der Waals surface area contributed by atoms with Gasteiger partial charge < -0.3 is 15.0 Å². The number of ether oxygens (including phenoxy) is 1. The summed E-state index contributed by atoms with van der Waals surface area (Å²) in [6.07, 6.45) is 5.88. The maximum Gasteiger partial charge on any atom is 0.261 e. The molecule has 6 heteroatoms. The molecule has 0 aliphatic heterocycles. The molecular formula is C31H35BrN2O3. The minimum Gasteiger partial charge on any atom is -0.484 e. The van der Waals surface area contributed by atoms with Gasteiger partial charge in [-0.15, -0.1) is 0 Å². The molecular weight excluding hydrogens is 528 g/mol. The highest BCUT2D eigenvalue weighted by molar-refractivity contribution is 9.10. The standard InChI is InChI=1S/C31H35BrN2O3/c1-23-9-8-12-25(19-23)21-34(30(35)22-37-28-17-15-26(32)16-18-28)29(20-24-10-4-2-5-11-24)31(36)33-27-13-6-3-7-14-27/h2,4-5,8-12,15-19,27,29H,3,6-7,13-14,20-22H2,1H3,(H,33,36)/t29-/m1/s1. The van der Waals surface area contributed by atoms with Gasteiger partial charge in [0.25, 0.3) is 5.91 Å². The van der Waals surface area contributed by atoms with Gasteiger partial charge >= 0.3 is 0 Å². The Balaban J connectivity index is 1.60. The van der Waals surface area contributed by atoms with E-state index in [2.05, 4.69) is 27.3 Å². The highest BCUT2D eigenvalue weighted by Crippen LogP contribution is 2.21. The molecule has 0 unspecified atom stereocenters. The smallest absolute Gasteiger partial charge is 0.261 e. The zero-order valence-electron chi connectivity index (χ0n) is 21.4. The molecule has 3 aromatic rings. The van der Waals surface area contributed by atoms with Crippen LogP contribution >= 0.6 is 15.9 Å². The molecule has 0 aromatic heterocycles. The monoisotopic (exact) mass is 562 g/mol. The molecule has 37 heavy (non-hydrogen) atoms. The average molecular weight is 564 g/mol. The van der Waals surface area contributed by atoms with Crippen molar-refractivity contribution in [3.8, 4) is 5.75 Å². The van der Waals surface area contributed by atoms with Crippen LogP contribution in [0.25, 0.3) is 0 Å². The lowest BCUT2D eigenvalue weighted by Crippen LogP contribution is -2.53. The molecule has 1 fully saturated rings. The number of aryl methyl sites for hydroxylation is 1. The Hall–Kier alpha value is -3.12. The second-order valence-electron chi connectivity index (χ2n) is 9.80. The Morgan fingerprint density at radius 2 is 1.65 bits per heavy atom. The third kappa shape index (κ3) is 8.19. The molecule has 2 amide bonds. The van der Waals surface area contributed by atoms with E-state index in [1.807, 2.05) is 79.7 Å². The van der Waals surface area contributed by atoms with Crippen LogP contribution in [0.5, 0.6) is 5.75 Å². The van der Waals surface area contributed by atoms with Crippen LogP contribution in [-0.4, -0.2) is 35.4 Å². The van der Waals surface area contributed by atoms with E-state index in [1.54, 1.807) is 4.90 Å². The number of hydrogen-bond donors (Lipinski definition) is 1. The number of benzene rings is 3. The van der Waals surface area contributed by atoms with Crippen LogP contribution in [0.4, 0.5) is 0 Å². The number of nitrogens with one attached hydrogen (secondary N) is 1. The Morgan fingerprint density at radius 3 is 2.35 bits per heavy atom. The summed E-state index contributed by atoms with van der Waals surface area (Å²) in [6, 6.07) is 24.9. The molecule has 0 spiro atoms. The van der Waals surface area contributed by atoms with E-state index < -0.39 is 6.04 Å². The highest BCUT2D eigenvalue weighted by Gasteiger charge is 2.32. The van der Waals surface area contributed by atoms with Gasteiger partial charge in [0.1, 0.15) is 11.8 Å². The van der Waals surface area contributed by atoms with E-state index >= 15 is 0 Å². The maximum atomic E-state index is 13.8. The molecule has 1 saturated carbocycles. The summed E-state index contributed by atoms with van der Waals surface area (Å²) in [5, 5.41) is 3.27. The van der Waals surface area contributed by atoms with Gasteiger partial charge in [-0.05, 0) is 55.2 Å². The van der Waals surface area contributed by atoms with E-state index in [1.165, 1.54) is 6.42 Å². The molecule has 1 N–H and O–H groups in total. The van der Waals surface area contributed by atoms with Crippen LogP contribution < -0.4 is 10.1 Å². The first kappa shape index (κ1) is 26.9. The molecule has 194 valence electrons. The highest BCUT2D eigenvalue weighted by atomic mass is 79.9. The van der Waals surface area contributed by atoms with Gasteiger partial charge in [-0.2, -0.15) is 0 Å². The van der Waals surface area contributed by atoms with E-state index in [4.69, 9.17) is 4.74 Å². The van der Waals surface area contributed by atoms with Crippen molar-refractivity contribution < 1.29 is 14.3 Å². The van der Waals surface area contributed by atoms with Gasteiger partial charge in [-0.1, -0.05) is 95.4 Å². The van der Waals surface area contributed by atoms with Crippen molar-refractivity contribution in [2.75, 3.05) is 6.61 Å². The first-order valence-electron chi connectivity index (χ1n) is 13.1. The second kappa shape index (κ2) is 13.4. The maximum absolute atomic E-state index is 13.8. The molecule has 0 saturated heterocycles. The number of amides is 2. The van der Waals surface area contributed by atoms with Gasteiger partial charge in [-0.25, -0.2) is 0 Å². The minimum absolute atomic E-state index is 0.0969. The molecule has 0 radical (unpaired) electrons. The number of halogens is 1. The van der Waals surface area contributed by atoms with Crippen molar-refractivity contribution in [1.82, 2.24) is 10.2 Å². The predicted molar refractivity (Wildman–Crippen MR) is 150 cm³/mol. The first-order valence-corrected chi connectivity index (χ1v) is 13.8. The average Bonchev–Trinajstić information content (AvgIpc) is 2.91. The number of nitrogens with zero attached hydrogens (tertiary/aromatic N) is 1. The summed E-state index contributed by atoms with van der Waals surface area (Å²) in [7, 11) is 0. The van der Waals surface area contributed by atoms with Gasteiger partial charge in [0.05, 0.1) is 0 Å². The number of carbonyl (C=O) groups excluding carboxylic acids is 2. The largest absolute Gasteiger partial charge is 0.484 e. The Morgan fingerprint density at radius 1 is 0.946 bits per heavy atom. The van der Waals surface area contributed by atoms with Crippen molar-refractivity contribution in [2.45, 2.75) is 64.1 Å². The van der Waals surface area contributed by atoms with Crippen molar-refractivity contribution >= 4 is 27.7 Å². The van der Waals surface area contributed by atoms with Gasteiger partial charge in [0.15, 0.2) is 6.61 Å². The third-order valence-corrected chi connectivity index (χ3v) is 7.36. The summed E-state index contributed by atoms with van der Waals surface area (Å²) in [5.41, 5.74) is 3.12. The van der Waals surface area contributed by atoms with Crippen LogP contribution in [0.2, 0.25) is 0 Å². The molecule has 1 aliphatic carbocycles. The van der Waals surface area contributed by atoms with Crippen molar-refractivity contribution in [1.29, 1.82) is 0 Å². The number of carbonyl (C=O) groups is 2. The first-order chi connectivity index (χ1) is 18.0. The minimum atomic E-state index is -0.647. The topological polar surface area (TPSA) is 58.6 Å². The van der Waals surface area contributed by atoms with Crippen LogP contribution in [0.3, 0.4) is 0 Å². The Bertz CT molecular complexity index is 1160. The van der Waals surface area contributed by atoms with Crippen molar-refractivity contribution in [2.24, 2.45) is 0 Å². The summed E-state index contributed by atoms with van der Waals surface area (Å²) in [6.45, 7) is 2.22. The Labute approximate surface area is 228 Å². The van der Waals surface area contributed by atoms with E-state index in [9.17, 15) is 9.59 Å². The quantitative estimate of drug-likeness (QED) is 0.319. The molecule has 1 aliphatic rings. The molecule has 3 aromatic carbocycles. The summed E-state index contributed by atoms with van der Waals surface area (Å²) >= 11 is 3.42. The fourth-order valence-electron chi connectivity index (χ4n) is 4.86. The van der Waals surface area contributed by atoms with Crippen LogP contribution in [0.15, 0.2) is 83.3 Å². The lowest BCUT2D eigenvalue weighted by atomic mass is 9.94. The Kier molecular flexibility index (Phi) is 9.78. The summed E-state index contributed by atoms with van der Waals surface area (Å²) in [4.78, 5) is 29.2. The molecule has 0 bridgehead atoms. The fraction of sp³-hybridized carbons (Fsp3) is 0.355. The van der Waals surface area contributed by atoms with Crippen molar-refractivity contribution in [3.05, 3.63) is 100 Å². The number of hydrogen-bond acceptors (Lipinski definition) is 3. The zero-order valence-corrected chi connectivity index (χ0v) is 23.0. The van der Waals surface area contributed by atoms with E-state index in [0.29, 0.717) is 18.7 Å². The SMILES string of the molecule is Cc1cccc(CN(C(=O)COc2ccc(Br)cc2)[C@H](Cc2ccccc2)C(=O)NC2CCCCC2)c1. The van der Waals surface area contributed by atoms with Gasteiger partial charge in [-0.3, -0.25) is 9.59 Å².